The number of nitrogens with one attached hydrogen (secondary N) is 3. The first kappa shape index (κ1) is 56.7. The molecule has 82 heavy (non-hydrogen) atoms. The highest BCUT2D eigenvalue weighted by atomic mass is 16.6. The Bertz CT molecular complexity index is 3390. The number of carbonyl (C=O) groups excluding carboxylic acids is 5. The molecule has 6 aliphatic heterocycles. The zero-order chi connectivity index (χ0) is 57.6. The van der Waals surface area contributed by atoms with E-state index in [1.54, 1.807) is 11.6 Å². The fraction of sp³-hybridized carbons (Fsp3) is 0.531. The first-order valence-electron chi connectivity index (χ1n) is 29.6. The number of amides is 5. The molecule has 18 nitrogen and oxygen atoms in total. The highest BCUT2D eigenvalue weighted by molar-refractivity contribution is 6.00. The largest absolute Gasteiger partial charge is 0.444 e. The molecule has 5 aromatic rings. The molecule has 2 bridgehead atoms. The third kappa shape index (κ3) is 12.0. The molecule has 3 unspecified atom stereocenters. The normalized spacial score (nSPS) is 23.2. The summed E-state index contributed by atoms with van der Waals surface area (Å²) in [6, 6.07) is 23.0. The van der Waals surface area contributed by atoms with Crippen molar-refractivity contribution in [1.29, 1.82) is 0 Å². The van der Waals surface area contributed by atoms with E-state index in [9.17, 15) is 33.9 Å². The number of aromatic nitrogens is 2. The van der Waals surface area contributed by atoms with E-state index >= 15 is 0 Å². The van der Waals surface area contributed by atoms with Crippen LogP contribution in [0.1, 0.15) is 131 Å². The van der Waals surface area contributed by atoms with E-state index in [1.807, 2.05) is 92.9 Å². The summed E-state index contributed by atoms with van der Waals surface area (Å²) >= 11 is 0. The number of fused-ring (bicyclic) bond motifs is 4. The molecule has 6 aliphatic rings. The summed E-state index contributed by atoms with van der Waals surface area (Å²) in [5.74, 6) is 6.49. The Morgan fingerprint density at radius 2 is 1.56 bits per heavy atom. The van der Waals surface area contributed by atoms with Gasteiger partial charge in [0.1, 0.15) is 11.6 Å². The third-order valence-corrected chi connectivity index (χ3v) is 18.1. The van der Waals surface area contributed by atoms with Gasteiger partial charge in [-0.2, -0.15) is 0 Å². The molecule has 7 heterocycles. The van der Waals surface area contributed by atoms with Crippen LogP contribution in [0.4, 0.5) is 16.2 Å². The molecule has 0 saturated carbocycles. The summed E-state index contributed by atoms with van der Waals surface area (Å²) in [5.41, 5.74) is 4.90. The molecule has 5 amide bonds. The molecule has 11 rings (SSSR count). The number of likely N-dealkylation sites (tertiary alicyclic amines) is 2. The Morgan fingerprint density at radius 3 is 2.26 bits per heavy atom. The molecule has 0 radical (unpaired) electrons. The number of hydrogen-bond donors (Lipinski definition) is 4. The number of aliphatic hydroxyl groups is 1. The smallest absolute Gasteiger partial charge is 0.410 e. The maximum Gasteiger partial charge on any atom is 0.410 e. The molecule has 6 saturated heterocycles. The van der Waals surface area contributed by atoms with Crippen molar-refractivity contribution < 1.29 is 38.6 Å². The fourth-order valence-corrected chi connectivity index (χ4v) is 13.6. The molecule has 0 spiro atoms. The summed E-state index contributed by atoms with van der Waals surface area (Å²) in [6.07, 6.45) is 5.92. The first-order valence-corrected chi connectivity index (χ1v) is 29.6. The number of piperidine rings is 5. The van der Waals surface area contributed by atoms with E-state index in [0.29, 0.717) is 101 Å². The van der Waals surface area contributed by atoms with Crippen LogP contribution in [0.2, 0.25) is 0 Å². The van der Waals surface area contributed by atoms with Gasteiger partial charge >= 0.3 is 11.8 Å². The van der Waals surface area contributed by atoms with Gasteiger partial charge in [0.25, 0.3) is 5.91 Å². The van der Waals surface area contributed by atoms with Crippen molar-refractivity contribution in [2.45, 2.75) is 140 Å². The number of hydrogen-bond acceptors (Lipinski definition) is 12. The van der Waals surface area contributed by atoms with Crippen LogP contribution in [0.5, 0.6) is 0 Å². The summed E-state index contributed by atoms with van der Waals surface area (Å²) in [4.78, 5) is 87.3. The van der Waals surface area contributed by atoms with Gasteiger partial charge in [0, 0.05) is 86.6 Å². The molecule has 4 atom stereocenters. The van der Waals surface area contributed by atoms with Gasteiger partial charge in [0.2, 0.25) is 17.7 Å². The minimum Gasteiger partial charge on any atom is -0.444 e. The van der Waals surface area contributed by atoms with Crippen molar-refractivity contribution in [1.82, 2.24) is 34.5 Å². The number of rotatable bonds is 10. The van der Waals surface area contributed by atoms with E-state index in [1.165, 1.54) is 4.57 Å². The van der Waals surface area contributed by atoms with Crippen LogP contribution in [-0.4, -0.2) is 147 Å². The number of nitrogens with zero attached hydrogens (tertiary/aromatic N) is 6. The predicted octanol–water partition coefficient (Wildman–Crippen LogP) is 7.18. The number of anilines is 2. The number of imidazole rings is 1. The maximum absolute atomic E-state index is 14.0. The van der Waals surface area contributed by atoms with Gasteiger partial charge in [0.05, 0.1) is 48.0 Å². The second-order valence-electron chi connectivity index (χ2n) is 25.0. The van der Waals surface area contributed by atoms with Crippen molar-refractivity contribution in [3.63, 3.8) is 0 Å². The van der Waals surface area contributed by atoms with Crippen LogP contribution in [0.15, 0.2) is 77.6 Å². The Kier molecular flexibility index (Phi) is 16.0. The average molecular weight is 1120 g/mol. The van der Waals surface area contributed by atoms with Crippen molar-refractivity contribution in [2.75, 3.05) is 69.2 Å². The summed E-state index contributed by atoms with van der Waals surface area (Å²) in [7, 11) is 1.70. The number of β-amino-alcohol motifs (C(OH)–C–C–N with tert-alkyl or cyclic N) is 1. The number of morpholine rings is 1. The highest BCUT2D eigenvalue weighted by Crippen LogP contribution is 2.35. The van der Waals surface area contributed by atoms with Gasteiger partial charge in [-0.3, -0.25) is 38.5 Å². The van der Waals surface area contributed by atoms with E-state index in [4.69, 9.17) is 9.47 Å². The Balaban J connectivity index is 0.639. The van der Waals surface area contributed by atoms with Gasteiger partial charge in [-0.15, -0.1) is 0 Å². The van der Waals surface area contributed by atoms with Gasteiger partial charge in [-0.1, -0.05) is 48.2 Å². The Labute approximate surface area is 479 Å². The molecular weight excluding hydrogens is 1040 g/mol. The van der Waals surface area contributed by atoms with Crippen molar-refractivity contribution in [3.8, 4) is 11.8 Å². The van der Waals surface area contributed by atoms with Gasteiger partial charge in [-0.25, -0.2) is 9.59 Å². The Hall–Kier alpha value is -7.20. The van der Waals surface area contributed by atoms with Crippen molar-refractivity contribution >= 4 is 62.9 Å². The minimum atomic E-state index is -0.855. The number of benzene rings is 4. The molecule has 434 valence electrons. The second-order valence-corrected chi connectivity index (χ2v) is 25.0. The predicted molar refractivity (Wildman–Crippen MR) is 314 cm³/mol. The van der Waals surface area contributed by atoms with E-state index in [0.717, 1.165) is 64.8 Å². The van der Waals surface area contributed by atoms with Crippen LogP contribution in [0.3, 0.4) is 0 Å². The van der Waals surface area contributed by atoms with Crippen molar-refractivity contribution in [3.05, 3.63) is 106 Å². The monoisotopic (exact) mass is 1120 g/mol. The molecule has 4 aromatic carbocycles. The molecule has 0 aliphatic carbocycles. The van der Waals surface area contributed by atoms with Crippen LogP contribution < -0.4 is 26.5 Å². The number of carbonyl (C=O) groups is 5. The van der Waals surface area contributed by atoms with Gasteiger partial charge in [0.15, 0.2) is 0 Å². The summed E-state index contributed by atoms with van der Waals surface area (Å²) < 4.78 is 14.7. The lowest BCUT2D eigenvalue weighted by Gasteiger charge is -2.48. The minimum absolute atomic E-state index is 0.0901. The number of aryl methyl sites for hydroxylation is 2. The van der Waals surface area contributed by atoms with Gasteiger partial charge < -0.3 is 39.9 Å². The zero-order valence-electron chi connectivity index (χ0n) is 48.3. The average Bonchev–Trinajstić information content (AvgIpc) is 3.74. The lowest BCUT2D eigenvalue weighted by Crippen LogP contribution is -2.61. The van der Waals surface area contributed by atoms with Crippen LogP contribution in [0.25, 0.3) is 21.8 Å². The third-order valence-electron chi connectivity index (χ3n) is 18.1. The SMILES string of the molecule is Cc1ccc(NC2CC3COCC(C2)N3C(=O)OC(C)(C)C)cc1C(=O)N[C@H](C)c1ccc(C#CC2CCN(CC3(O)CCN(C(=O)C4CCN(c5ccc6c(c5)n(C)c(=O)n6C5CCC(=O)NC5=O)CC4)CC3)CC2)c2ccccc12. The van der Waals surface area contributed by atoms with Crippen molar-refractivity contribution in [2.24, 2.45) is 18.9 Å². The van der Waals surface area contributed by atoms with Crippen LogP contribution in [0, 0.1) is 30.6 Å². The first-order chi connectivity index (χ1) is 39.3. The number of imide groups is 1. The van der Waals surface area contributed by atoms with Crippen LogP contribution in [-0.2, 0) is 30.9 Å². The molecule has 6 fully saturated rings. The van der Waals surface area contributed by atoms with Gasteiger partial charge in [-0.05, 0) is 164 Å². The topological polar surface area (TPSA) is 200 Å². The quantitative estimate of drug-likeness (QED) is 0.0813. The van der Waals surface area contributed by atoms with E-state index < -0.39 is 23.2 Å². The van der Waals surface area contributed by atoms with E-state index in [2.05, 4.69) is 61.9 Å². The van der Waals surface area contributed by atoms with Crippen LogP contribution >= 0.6 is 0 Å². The molecular formula is C64H79N9O9. The van der Waals surface area contributed by atoms with E-state index in [-0.39, 0.29) is 78.3 Å². The standard InChI is InChI=1S/C64H79N9O9/c1-40-11-15-45(66-46-33-48-37-81-38-49(34-46)72(48)62(79)82-63(3,4)5)35-53(40)58(75)65-41(2)50-17-14-43(51-9-7-8-10-52(50)51)13-12-42-21-27-69(28-22-42)39-64(80)25-31-71(32-26-64)60(77)44-23-29-70(30-24-44)47-16-18-54-56(36-47)68(6)61(78)73(54)55-19-20-57(74)67-59(55)76/h7-11,14-18,35-36,41-42,44,46,48-49,55,66,80H,19-34,37-39H2,1-6H3,(H,65,75)(H,67,74,76)/t41-,46?,48?,49?,55?/m1/s1. The lowest BCUT2D eigenvalue weighted by atomic mass is 9.87. The molecule has 1 aromatic heterocycles. The molecule has 4 N–H and O–H groups in total. The summed E-state index contributed by atoms with van der Waals surface area (Å²) in [5, 5.41) is 23.2. The second kappa shape index (κ2) is 23.2. The highest BCUT2D eigenvalue weighted by Gasteiger charge is 2.44. The number of ether oxygens (including phenoxy) is 2. The maximum atomic E-state index is 14.0. The fourth-order valence-electron chi connectivity index (χ4n) is 13.6. The molecule has 18 heteroatoms. The Morgan fingerprint density at radius 1 is 0.854 bits per heavy atom. The zero-order valence-corrected chi connectivity index (χ0v) is 48.3. The summed E-state index contributed by atoms with van der Waals surface area (Å²) in [6.45, 7) is 15.3. The lowest BCUT2D eigenvalue weighted by molar-refractivity contribution is -0.141.